The lowest BCUT2D eigenvalue weighted by molar-refractivity contribution is -0.135. The Hall–Kier alpha value is -3.50. The first kappa shape index (κ1) is 26.4. The molecule has 2 heterocycles. The number of carbonyl (C=O) groups is 2. The molecule has 1 amide bonds. The lowest BCUT2D eigenvalue weighted by atomic mass is 9.50. The summed E-state index contributed by atoms with van der Waals surface area (Å²) in [5.74, 6) is 8.58. The summed E-state index contributed by atoms with van der Waals surface area (Å²) >= 11 is 0. The van der Waals surface area contributed by atoms with Crippen molar-refractivity contribution in [1.29, 1.82) is 0 Å². The van der Waals surface area contributed by atoms with Crippen LogP contribution in [0.5, 0.6) is 17.2 Å². The third kappa shape index (κ3) is 4.22. The molecule has 0 radical (unpaired) electrons. The third-order valence-corrected chi connectivity index (χ3v) is 10.3. The van der Waals surface area contributed by atoms with Crippen LogP contribution in [0.1, 0.15) is 61.3 Å². The first-order chi connectivity index (χ1) is 19.8. The molecule has 2 aliphatic heterocycles. The van der Waals surface area contributed by atoms with Gasteiger partial charge in [-0.15, -0.1) is 0 Å². The molecule has 1 saturated heterocycles. The summed E-state index contributed by atoms with van der Waals surface area (Å²) in [5.41, 5.74) is 3.92. The third-order valence-electron chi connectivity index (χ3n) is 10.3. The van der Waals surface area contributed by atoms with Gasteiger partial charge < -0.3 is 19.1 Å². The largest absolute Gasteiger partial charge is 0.493 e. The molecule has 7 nitrogen and oxygen atoms in total. The highest BCUT2D eigenvalue weighted by atomic mass is 16.5. The zero-order chi connectivity index (χ0) is 28.5. The van der Waals surface area contributed by atoms with Crippen molar-refractivity contribution in [3.8, 4) is 29.1 Å². The van der Waals surface area contributed by atoms with Crippen molar-refractivity contribution in [2.45, 2.75) is 76.0 Å². The predicted octanol–water partition coefficient (Wildman–Crippen LogP) is 4.26. The molecule has 1 spiro atoms. The highest BCUT2D eigenvalue weighted by molar-refractivity contribution is 5.94. The number of methoxy groups -OCH3 is 1. The standard InChI is InChI=1S/C34H38N2O5/c1-20-6-5-7-22(16-20)10-13-30(38)35(3)26-12-11-25-27-17-24-28(40-21(2)37)18-29(39-4)32-31(24)34(25,33(26)41-32)14-15-36(27)19-23-8-9-23/h5-7,16,18,23,25-27,33H,8-9,11-12,14-15,17,19H2,1-4H3/t25-,26-,27+,33-,34-/m0/s1. The minimum Gasteiger partial charge on any atom is -0.493 e. The van der Waals surface area contributed by atoms with Crippen LogP contribution in [-0.2, 0) is 21.4 Å². The van der Waals surface area contributed by atoms with Gasteiger partial charge in [0, 0.05) is 60.7 Å². The Morgan fingerprint density at radius 3 is 2.73 bits per heavy atom. The number of hydrogen-bond donors (Lipinski definition) is 0. The quantitative estimate of drug-likeness (QED) is 0.313. The van der Waals surface area contributed by atoms with Gasteiger partial charge in [-0.1, -0.05) is 18.1 Å². The van der Waals surface area contributed by atoms with E-state index in [1.807, 2.05) is 49.2 Å². The second kappa shape index (κ2) is 9.80. The van der Waals surface area contributed by atoms with Gasteiger partial charge in [-0.2, -0.15) is 0 Å². The SMILES string of the molecule is COc1cc(OC(C)=O)c2c3c1O[C@H]1[C@@H](N(C)C(=O)C#Cc4cccc(C)c4)CC[C@H]4[C@@H](C2)N(CC2CC2)CC[C@@]341. The highest BCUT2D eigenvalue weighted by Crippen LogP contribution is 2.66. The van der Waals surface area contributed by atoms with Crippen molar-refractivity contribution in [3.63, 3.8) is 0 Å². The second-order valence-corrected chi connectivity index (χ2v) is 12.7. The van der Waals surface area contributed by atoms with Crippen molar-refractivity contribution >= 4 is 11.9 Å². The summed E-state index contributed by atoms with van der Waals surface area (Å²) in [6, 6.07) is 9.97. The Balaban J connectivity index is 1.29. The fourth-order valence-electron chi connectivity index (χ4n) is 8.38. The molecule has 41 heavy (non-hydrogen) atoms. The Morgan fingerprint density at radius 2 is 2.00 bits per heavy atom. The summed E-state index contributed by atoms with van der Waals surface area (Å²) < 4.78 is 18.6. The van der Waals surface area contributed by atoms with Crippen molar-refractivity contribution in [2.24, 2.45) is 11.8 Å². The van der Waals surface area contributed by atoms with Gasteiger partial charge in [0.2, 0.25) is 0 Å². The van der Waals surface area contributed by atoms with Crippen LogP contribution >= 0.6 is 0 Å². The van der Waals surface area contributed by atoms with E-state index >= 15 is 0 Å². The minimum absolute atomic E-state index is 0.124. The van der Waals surface area contributed by atoms with Crippen LogP contribution in [0.3, 0.4) is 0 Å². The number of esters is 1. The van der Waals surface area contributed by atoms with Crippen LogP contribution in [-0.4, -0.2) is 67.1 Å². The van der Waals surface area contributed by atoms with E-state index < -0.39 is 0 Å². The lowest BCUT2D eigenvalue weighted by Gasteiger charge is -2.60. The van der Waals surface area contributed by atoms with Gasteiger partial charge in [-0.05, 0) is 81.5 Å². The van der Waals surface area contributed by atoms with Gasteiger partial charge in [-0.3, -0.25) is 14.5 Å². The molecule has 214 valence electrons. The van der Waals surface area contributed by atoms with Gasteiger partial charge >= 0.3 is 5.97 Å². The first-order valence-electron chi connectivity index (χ1n) is 15.0. The predicted molar refractivity (Wildman–Crippen MR) is 154 cm³/mol. The molecule has 7 rings (SSSR count). The molecule has 2 bridgehead atoms. The highest BCUT2D eigenvalue weighted by Gasteiger charge is 2.67. The van der Waals surface area contributed by atoms with E-state index in [2.05, 4.69) is 16.7 Å². The van der Waals surface area contributed by atoms with Crippen molar-refractivity contribution < 1.29 is 23.8 Å². The van der Waals surface area contributed by atoms with E-state index in [1.54, 1.807) is 7.11 Å². The number of benzene rings is 2. The molecule has 5 aliphatic rings. The topological polar surface area (TPSA) is 68.3 Å². The maximum absolute atomic E-state index is 13.5. The maximum Gasteiger partial charge on any atom is 0.308 e. The Bertz CT molecular complexity index is 1490. The van der Waals surface area contributed by atoms with Crippen LogP contribution in [0.25, 0.3) is 0 Å². The number of ether oxygens (including phenoxy) is 3. The second-order valence-electron chi connectivity index (χ2n) is 12.7. The normalized spacial score (nSPS) is 29.0. The number of carbonyl (C=O) groups excluding carboxylic acids is 2. The first-order valence-corrected chi connectivity index (χ1v) is 15.0. The minimum atomic E-state index is -0.336. The van der Waals surface area contributed by atoms with Gasteiger partial charge in [0.25, 0.3) is 5.91 Å². The summed E-state index contributed by atoms with van der Waals surface area (Å²) in [5, 5.41) is 0. The zero-order valence-electron chi connectivity index (χ0n) is 24.4. The van der Waals surface area contributed by atoms with E-state index in [-0.39, 0.29) is 29.4 Å². The monoisotopic (exact) mass is 554 g/mol. The van der Waals surface area contributed by atoms with Crippen LogP contribution in [0.2, 0.25) is 0 Å². The molecule has 3 fully saturated rings. The van der Waals surface area contributed by atoms with Crippen molar-refractivity contribution in [1.82, 2.24) is 9.80 Å². The van der Waals surface area contributed by atoms with E-state index in [4.69, 9.17) is 14.2 Å². The average molecular weight is 555 g/mol. The average Bonchev–Trinajstić information content (AvgIpc) is 3.71. The Kier molecular flexibility index (Phi) is 6.31. The summed E-state index contributed by atoms with van der Waals surface area (Å²) in [6.45, 7) is 5.62. The fraction of sp³-hybridized carbons (Fsp3) is 0.529. The van der Waals surface area contributed by atoms with Crippen LogP contribution in [0, 0.1) is 30.6 Å². The summed E-state index contributed by atoms with van der Waals surface area (Å²) in [4.78, 5) is 30.2. The van der Waals surface area contributed by atoms with Crippen LogP contribution in [0.4, 0.5) is 0 Å². The molecule has 2 aromatic carbocycles. The zero-order valence-corrected chi connectivity index (χ0v) is 24.4. The number of rotatable bonds is 5. The van der Waals surface area contributed by atoms with Crippen LogP contribution in [0.15, 0.2) is 30.3 Å². The molecule has 0 N–H and O–H groups in total. The van der Waals surface area contributed by atoms with E-state index in [0.717, 1.165) is 72.7 Å². The number of hydrogen-bond acceptors (Lipinski definition) is 6. The van der Waals surface area contributed by atoms with E-state index in [9.17, 15) is 9.59 Å². The Labute approximate surface area is 242 Å². The molecule has 7 heteroatoms. The molecule has 0 aromatic heterocycles. The van der Waals surface area contributed by atoms with Crippen LogP contribution < -0.4 is 14.2 Å². The molecule has 0 unspecified atom stereocenters. The number of likely N-dealkylation sites (tertiary alicyclic amines) is 1. The van der Waals surface area contributed by atoms with E-state index in [0.29, 0.717) is 23.5 Å². The van der Waals surface area contributed by atoms with Crippen molar-refractivity contribution in [2.75, 3.05) is 27.2 Å². The number of piperidine rings is 1. The van der Waals surface area contributed by atoms with Gasteiger partial charge in [0.1, 0.15) is 11.9 Å². The van der Waals surface area contributed by atoms with Gasteiger partial charge in [0.15, 0.2) is 11.5 Å². The number of nitrogens with zero attached hydrogens (tertiary/aromatic N) is 2. The Morgan fingerprint density at radius 1 is 1.17 bits per heavy atom. The molecule has 3 aliphatic carbocycles. The smallest absolute Gasteiger partial charge is 0.308 e. The summed E-state index contributed by atoms with van der Waals surface area (Å²) in [7, 11) is 3.50. The van der Waals surface area contributed by atoms with Gasteiger partial charge in [-0.25, -0.2) is 0 Å². The van der Waals surface area contributed by atoms with Crippen molar-refractivity contribution in [3.05, 3.63) is 52.6 Å². The molecular weight excluding hydrogens is 516 g/mol. The lowest BCUT2D eigenvalue weighted by Crippen LogP contribution is -2.69. The molecule has 2 saturated carbocycles. The fourth-order valence-corrected chi connectivity index (χ4v) is 8.38. The molecule has 5 atom stereocenters. The summed E-state index contributed by atoms with van der Waals surface area (Å²) in [6.07, 6.45) is 6.09. The number of amides is 1. The maximum atomic E-state index is 13.5. The number of likely N-dealkylation sites (N-methyl/N-ethyl adjacent to an activating group) is 1. The molecular formula is C34H38N2O5. The number of aryl methyl sites for hydroxylation is 1. The molecule has 2 aromatic rings. The van der Waals surface area contributed by atoms with Gasteiger partial charge in [0.05, 0.1) is 13.2 Å². The van der Waals surface area contributed by atoms with E-state index in [1.165, 1.54) is 19.8 Å².